The molecule has 0 aliphatic rings. The Morgan fingerprint density at radius 2 is 2.00 bits per heavy atom. The van der Waals surface area contributed by atoms with Gasteiger partial charge < -0.3 is 20.1 Å². The van der Waals surface area contributed by atoms with Gasteiger partial charge in [-0.1, -0.05) is 0 Å². The molecular formula is C15H20N4O2. The third-order valence-electron chi connectivity index (χ3n) is 2.97. The van der Waals surface area contributed by atoms with Gasteiger partial charge in [0.2, 0.25) is 5.95 Å². The van der Waals surface area contributed by atoms with E-state index in [9.17, 15) is 0 Å². The van der Waals surface area contributed by atoms with Gasteiger partial charge in [-0.05, 0) is 26.0 Å². The van der Waals surface area contributed by atoms with Crippen molar-refractivity contribution in [2.75, 3.05) is 31.4 Å². The van der Waals surface area contributed by atoms with E-state index in [0.717, 1.165) is 35.1 Å². The highest BCUT2D eigenvalue weighted by Gasteiger charge is 2.09. The zero-order chi connectivity index (χ0) is 15.2. The summed E-state index contributed by atoms with van der Waals surface area (Å²) in [5, 5.41) is 6.36. The number of anilines is 3. The molecule has 21 heavy (non-hydrogen) atoms. The summed E-state index contributed by atoms with van der Waals surface area (Å²) in [7, 11) is 3.26. The highest BCUT2D eigenvalue weighted by atomic mass is 16.5. The minimum absolute atomic E-state index is 0.590. The van der Waals surface area contributed by atoms with Gasteiger partial charge in [-0.2, -0.15) is 4.98 Å². The van der Waals surface area contributed by atoms with Gasteiger partial charge in [0.1, 0.15) is 17.3 Å². The summed E-state index contributed by atoms with van der Waals surface area (Å²) in [5.74, 6) is 2.79. The van der Waals surface area contributed by atoms with Crippen molar-refractivity contribution < 1.29 is 9.47 Å². The molecular weight excluding hydrogens is 268 g/mol. The van der Waals surface area contributed by atoms with Crippen molar-refractivity contribution in [2.45, 2.75) is 13.8 Å². The second-order valence-corrected chi connectivity index (χ2v) is 4.45. The van der Waals surface area contributed by atoms with Gasteiger partial charge in [0.05, 0.1) is 19.9 Å². The summed E-state index contributed by atoms with van der Waals surface area (Å²) in [6.07, 6.45) is 1.78. The topological polar surface area (TPSA) is 68.3 Å². The van der Waals surface area contributed by atoms with Crippen LogP contribution in [-0.4, -0.2) is 30.7 Å². The van der Waals surface area contributed by atoms with E-state index in [4.69, 9.17) is 9.47 Å². The maximum atomic E-state index is 5.36. The Bertz CT molecular complexity index is 617. The molecule has 0 amide bonds. The van der Waals surface area contributed by atoms with E-state index in [1.807, 2.05) is 32.0 Å². The third-order valence-corrected chi connectivity index (χ3v) is 2.97. The zero-order valence-electron chi connectivity index (χ0n) is 12.7. The summed E-state index contributed by atoms with van der Waals surface area (Å²) >= 11 is 0. The van der Waals surface area contributed by atoms with E-state index in [2.05, 4.69) is 20.6 Å². The second kappa shape index (κ2) is 6.78. The molecule has 6 heteroatoms. The van der Waals surface area contributed by atoms with Gasteiger partial charge in [0.25, 0.3) is 0 Å². The summed E-state index contributed by atoms with van der Waals surface area (Å²) in [5.41, 5.74) is 1.74. The quantitative estimate of drug-likeness (QED) is 0.851. The summed E-state index contributed by atoms with van der Waals surface area (Å²) in [6, 6.07) is 5.57. The van der Waals surface area contributed by atoms with Crippen molar-refractivity contribution in [2.24, 2.45) is 0 Å². The second-order valence-electron chi connectivity index (χ2n) is 4.45. The van der Waals surface area contributed by atoms with Crippen LogP contribution in [0.5, 0.6) is 11.5 Å². The Hall–Kier alpha value is -2.50. The average molecular weight is 288 g/mol. The van der Waals surface area contributed by atoms with E-state index >= 15 is 0 Å². The molecule has 0 aliphatic carbocycles. The standard InChI is InChI=1S/C15H20N4O2/c1-5-16-15-17-9-10(2)14(19-15)18-12-8-11(20-3)6-7-13(12)21-4/h6-9H,5H2,1-4H3,(H2,16,17,18,19). The molecule has 0 saturated heterocycles. The Morgan fingerprint density at radius 3 is 2.67 bits per heavy atom. The van der Waals surface area contributed by atoms with E-state index in [0.29, 0.717) is 5.95 Å². The number of ether oxygens (including phenoxy) is 2. The third kappa shape index (κ3) is 3.53. The first-order valence-corrected chi connectivity index (χ1v) is 6.74. The van der Waals surface area contributed by atoms with E-state index in [-0.39, 0.29) is 0 Å². The molecule has 2 rings (SSSR count). The van der Waals surface area contributed by atoms with Crippen LogP contribution in [0.4, 0.5) is 17.5 Å². The molecule has 2 N–H and O–H groups in total. The normalized spacial score (nSPS) is 10.1. The van der Waals surface area contributed by atoms with Gasteiger partial charge in [0, 0.05) is 24.4 Å². The van der Waals surface area contributed by atoms with Crippen LogP contribution in [0.1, 0.15) is 12.5 Å². The summed E-state index contributed by atoms with van der Waals surface area (Å²) < 4.78 is 10.6. The van der Waals surface area contributed by atoms with Crippen LogP contribution < -0.4 is 20.1 Å². The van der Waals surface area contributed by atoms with Crippen LogP contribution in [0, 0.1) is 6.92 Å². The Balaban J connectivity index is 2.34. The number of methoxy groups -OCH3 is 2. The number of benzene rings is 1. The average Bonchev–Trinajstić information content (AvgIpc) is 2.50. The monoisotopic (exact) mass is 288 g/mol. The number of hydrogen-bond donors (Lipinski definition) is 2. The predicted molar refractivity (Wildman–Crippen MR) is 83.8 cm³/mol. The first-order valence-electron chi connectivity index (χ1n) is 6.74. The molecule has 1 aromatic heterocycles. The van der Waals surface area contributed by atoms with E-state index in [1.54, 1.807) is 20.4 Å². The number of nitrogens with one attached hydrogen (secondary N) is 2. The highest BCUT2D eigenvalue weighted by molar-refractivity contribution is 5.68. The Kier molecular flexibility index (Phi) is 4.81. The van der Waals surface area contributed by atoms with Crippen molar-refractivity contribution in [1.29, 1.82) is 0 Å². The maximum Gasteiger partial charge on any atom is 0.224 e. The van der Waals surface area contributed by atoms with Crippen molar-refractivity contribution >= 4 is 17.5 Å². The number of aryl methyl sites for hydroxylation is 1. The molecule has 0 radical (unpaired) electrons. The Morgan fingerprint density at radius 1 is 1.19 bits per heavy atom. The lowest BCUT2D eigenvalue weighted by Gasteiger charge is -2.14. The lowest BCUT2D eigenvalue weighted by molar-refractivity contribution is 0.405. The van der Waals surface area contributed by atoms with Gasteiger partial charge in [-0.25, -0.2) is 4.98 Å². The zero-order valence-corrected chi connectivity index (χ0v) is 12.7. The fourth-order valence-corrected chi connectivity index (χ4v) is 1.85. The van der Waals surface area contributed by atoms with Gasteiger partial charge >= 0.3 is 0 Å². The minimum Gasteiger partial charge on any atom is -0.497 e. The molecule has 1 aromatic carbocycles. The maximum absolute atomic E-state index is 5.36. The molecule has 1 heterocycles. The lowest BCUT2D eigenvalue weighted by atomic mass is 10.2. The fraction of sp³-hybridized carbons (Fsp3) is 0.333. The molecule has 2 aromatic rings. The van der Waals surface area contributed by atoms with Gasteiger partial charge in [-0.15, -0.1) is 0 Å². The number of hydrogen-bond acceptors (Lipinski definition) is 6. The Labute approximate surface area is 124 Å². The van der Waals surface area contributed by atoms with Crippen LogP contribution in [-0.2, 0) is 0 Å². The number of nitrogens with zero attached hydrogens (tertiary/aromatic N) is 2. The van der Waals surface area contributed by atoms with Crippen LogP contribution in [0.15, 0.2) is 24.4 Å². The van der Waals surface area contributed by atoms with Crippen molar-refractivity contribution in [3.63, 3.8) is 0 Å². The largest absolute Gasteiger partial charge is 0.497 e. The van der Waals surface area contributed by atoms with Crippen molar-refractivity contribution in [3.05, 3.63) is 30.0 Å². The van der Waals surface area contributed by atoms with E-state index in [1.165, 1.54) is 0 Å². The van der Waals surface area contributed by atoms with Crippen LogP contribution in [0.2, 0.25) is 0 Å². The van der Waals surface area contributed by atoms with Crippen molar-refractivity contribution in [1.82, 2.24) is 9.97 Å². The first kappa shape index (κ1) is 14.9. The smallest absolute Gasteiger partial charge is 0.224 e. The van der Waals surface area contributed by atoms with Gasteiger partial charge in [0.15, 0.2) is 0 Å². The van der Waals surface area contributed by atoms with Crippen LogP contribution in [0.3, 0.4) is 0 Å². The van der Waals surface area contributed by atoms with Crippen molar-refractivity contribution in [3.8, 4) is 11.5 Å². The molecule has 0 aliphatic heterocycles. The lowest BCUT2D eigenvalue weighted by Crippen LogP contribution is -2.06. The van der Waals surface area contributed by atoms with E-state index < -0.39 is 0 Å². The molecule has 0 unspecified atom stereocenters. The summed E-state index contributed by atoms with van der Waals surface area (Å²) in [4.78, 5) is 8.69. The molecule has 0 saturated carbocycles. The predicted octanol–water partition coefficient (Wildman–Crippen LogP) is 2.98. The fourth-order valence-electron chi connectivity index (χ4n) is 1.85. The highest BCUT2D eigenvalue weighted by Crippen LogP contribution is 2.31. The van der Waals surface area contributed by atoms with Gasteiger partial charge in [-0.3, -0.25) is 0 Å². The molecule has 0 spiro atoms. The van der Waals surface area contributed by atoms with Crippen LogP contribution in [0.25, 0.3) is 0 Å². The molecule has 0 atom stereocenters. The minimum atomic E-state index is 0.590. The molecule has 112 valence electrons. The van der Waals surface area contributed by atoms with Crippen LogP contribution >= 0.6 is 0 Å². The number of rotatable bonds is 6. The first-order chi connectivity index (χ1) is 10.2. The summed E-state index contributed by atoms with van der Waals surface area (Å²) in [6.45, 7) is 4.72. The molecule has 6 nitrogen and oxygen atoms in total. The SMILES string of the molecule is CCNc1ncc(C)c(Nc2cc(OC)ccc2OC)n1. The molecule has 0 fully saturated rings. The molecule has 0 bridgehead atoms. The number of aromatic nitrogens is 2.